The SMILES string of the molecule is CC(NC(=O)c1ccc(Br)c(C(F)(F)F)c1)C(C)(C)C. The van der Waals surface area contributed by atoms with Gasteiger partial charge in [0.15, 0.2) is 0 Å². The van der Waals surface area contributed by atoms with E-state index in [9.17, 15) is 18.0 Å². The van der Waals surface area contributed by atoms with Crippen molar-refractivity contribution in [1.29, 1.82) is 0 Å². The van der Waals surface area contributed by atoms with Crippen molar-refractivity contribution in [2.45, 2.75) is 39.9 Å². The van der Waals surface area contributed by atoms with Gasteiger partial charge in [-0.05, 0) is 30.5 Å². The van der Waals surface area contributed by atoms with Crippen LogP contribution in [0, 0.1) is 5.41 Å². The van der Waals surface area contributed by atoms with Crippen molar-refractivity contribution in [3.63, 3.8) is 0 Å². The van der Waals surface area contributed by atoms with Crippen LogP contribution in [0.4, 0.5) is 13.2 Å². The first-order valence-electron chi connectivity index (χ1n) is 6.10. The van der Waals surface area contributed by atoms with E-state index < -0.39 is 17.6 Å². The predicted molar refractivity (Wildman–Crippen MR) is 75.5 cm³/mol. The minimum Gasteiger partial charge on any atom is -0.349 e. The summed E-state index contributed by atoms with van der Waals surface area (Å²) in [6.45, 7) is 7.66. The largest absolute Gasteiger partial charge is 0.417 e. The van der Waals surface area contributed by atoms with Gasteiger partial charge in [0.25, 0.3) is 5.91 Å². The van der Waals surface area contributed by atoms with Gasteiger partial charge in [0, 0.05) is 16.1 Å². The van der Waals surface area contributed by atoms with Crippen LogP contribution in [0.5, 0.6) is 0 Å². The van der Waals surface area contributed by atoms with Gasteiger partial charge in [0.05, 0.1) is 5.56 Å². The van der Waals surface area contributed by atoms with Gasteiger partial charge in [0.1, 0.15) is 0 Å². The van der Waals surface area contributed by atoms with E-state index in [0.717, 1.165) is 6.07 Å². The Morgan fingerprint density at radius 3 is 2.25 bits per heavy atom. The molecule has 1 N–H and O–H groups in total. The maximum absolute atomic E-state index is 12.8. The number of nitrogens with one attached hydrogen (secondary N) is 1. The van der Waals surface area contributed by atoms with Crippen molar-refractivity contribution in [2.24, 2.45) is 5.41 Å². The smallest absolute Gasteiger partial charge is 0.349 e. The van der Waals surface area contributed by atoms with E-state index >= 15 is 0 Å². The van der Waals surface area contributed by atoms with Crippen molar-refractivity contribution in [3.8, 4) is 0 Å². The Balaban J connectivity index is 3.01. The number of rotatable bonds is 2. The summed E-state index contributed by atoms with van der Waals surface area (Å²) in [6.07, 6.45) is -4.50. The lowest BCUT2D eigenvalue weighted by Gasteiger charge is -2.28. The minimum atomic E-state index is -4.50. The third-order valence-electron chi connectivity index (χ3n) is 3.18. The summed E-state index contributed by atoms with van der Waals surface area (Å²) in [5.41, 5.74) is -1.03. The highest BCUT2D eigenvalue weighted by Gasteiger charge is 2.33. The molecule has 6 heteroatoms. The summed E-state index contributed by atoms with van der Waals surface area (Å²) in [6, 6.07) is 3.30. The number of benzene rings is 1. The quantitative estimate of drug-likeness (QED) is 0.826. The molecule has 0 aliphatic heterocycles. The molecule has 0 spiro atoms. The summed E-state index contributed by atoms with van der Waals surface area (Å²) in [5, 5.41) is 2.71. The molecule has 1 unspecified atom stereocenters. The normalized spacial score (nSPS) is 14.0. The summed E-state index contributed by atoms with van der Waals surface area (Å²) < 4.78 is 38.3. The summed E-state index contributed by atoms with van der Waals surface area (Å²) in [4.78, 5) is 12.0. The molecule has 0 aromatic heterocycles. The minimum absolute atomic E-state index is 0.00313. The van der Waals surface area contributed by atoms with Crippen molar-refractivity contribution in [3.05, 3.63) is 33.8 Å². The van der Waals surface area contributed by atoms with E-state index in [1.54, 1.807) is 0 Å². The van der Waals surface area contributed by atoms with Crippen LogP contribution >= 0.6 is 15.9 Å². The second kappa shape index (κ2) is 5.76. The zero-order valence-corrected chi connectivity index (χ0v) is 13.3. The molecule has 0 bridgehead atoms. The molecule has 0 radical (unpaired) electrons. The van der Waals surface area contributed by atoms with E-state index in [1.165, 1.54) is 12.1 Å². The number of carbonyl (C=O) groups is 1. The molecule has 0 saturated carbocycles. The molecular formula is C14H17BrF3NO. The first kappa shape index (κ1) is 17.0. The zero-order chi connectivity index (χ0) is 15.7. The molecule has 1 atom stereocenters. The van der Waals surface area contributed by atoms with Crippen molar-refractivity contribution >= 4 is 21.8 Å². The Morgan fingerprint density at radius 2 is 1.80 bits per heavy atom. The summed E-state index contributed by atoms with van der Waals surface area (Å²) in [7, 11) is 0. The first-order valence-corrected chi connectivity index (χ1v) is 6.90. The molecule has 20 heavy (non-hydrogen) atoms. The van der Waals surface area contributed by atoms with Crippen LogP contribution in [0.15, 0.2) is 22.7 Å². The highest BCUT2D eigenvalue weighted by atomic mass is 79.9. The lowest BCUT2D eigenvalue weighted by molar-refractivity contribution is -0.138. The monoisotopic (exact) mass is 351 g/mol. The fraction of sp³-hybridized carbons (Fsp3) is 0.500. The first-order chi connectivity index (χ1) is 8.93. The molecule has 112 valence electrons. The van der Waals surface area contributed by atoms with E-state index in [0.29, 0.717) is 0 Å². The van der Waals surface area contributed by atoms with Crippen LogP contribution in [-0.2, 0) is 6.18 Å². The van der Waals surface area contributed by atoms with Crippen LogP contribution in [0.25, 0.3) is 0 Å². The molecule has 0 heterocycles. The average Bonchev–Trinajstić information content (AvgIpc) is 2.26. The number of carbonyl (C=O) groups excluding carboxylic acids is 1. The Labute approximate surface area is 124 Å². The zero-order valence-electron chi connectivity index (χ0n) is 11.7. The van der Waals surface area contributed by atoms with Crippen LogP contribution < -0.4 is 5.32 Å². The molecule has 2 nitrogen and oxygen atoms in total. The van der Waals surface area contributed by atoms with Crippen molar-refractivity contribution in [2.75, 3.05) is 0 Å². The van der Waals surface area contributed by atoms with E-state index in [-0.39, 0.29) is 21.5 Å². The Kier molecular flexibility index (Phi) is 4.90. The number of halogens is 4. The van der Waals surface area contributed by atoms with Gasteiger partial charge in [-0.2, -0.15) is 13.2 Å². The van der Waals surface area contributed by atoms with Crippen LogP contribution in [0.1, 0.15) is 43.6 Å². The van der Waals surface area contributed by atoms with Gasteiger partial charge >= 0.3 is 6.18 Å². The highest BCUT2D eigenvalue weighted by Crippen LogP contribution is 2.35. The summed E-state index contributed by atoms with van der Waals surface area (Å²) >= 11 is 2.85. The standard InChI is InChI=1S/C14H17BrF3NO/c1-8(13(2,3)4)19-12(20)9-5-6-11(15)10(7-9)14(16,17)18/h5-8H,1-4H3,(H,19,20). The highest BCUT2D eigenvalue weighted by molar-refractivity contribution is 9.10. The van der Waals surface area contributed by atoms with Gasteiger partial charge in [-0.25, -0.2) is 0 Å². The molecule has 1 aromatic carbocycles. The van der Waals surface area contributed by atoms with Crippen LogP contribution in [-0.4, -0.2) is 11.9 Å². The molecule has 1 amide bonds. The maximum atomic E-state index is 12.8. The molecule has 1 aromatic rings. The number of amides is 1. The van der Waals surface area contributed by atoms with Crippen LogP contribution in [0.3, 0.4) is 0 Å². The number of hydrogen-bond donors (Lipinski definition) is 1. The molecule has 0 saturated heterocycles. The molecule has 0 aliphatic carbocycles. The third-order valence-corrected chi connectivity index (χ3v) is 3.87. The Morgan fingerprint density at radius 1 is 1.25 bits per heavy atom. The lowest BCUT2D eigenvalue weighted by atomic mass is 9.88. The predicted octanol–water partition coefficient (Wildman–Crippen LogP) is 4.63. The van der Waals surface area contributed by atoms with Crippen LogP contribution in [0.2, 0.25) is 0 Å². The van der Waals surface area contributed by atoms with Gasteiger partial charge in [-0.3, -0.25) is 4.79 Å². The fourth-order valence-corrected chi connectivity index (χ4v) is 1.85. The van der Waals surface area contributed by atoms with Gasteiger partial charge in [-0.1, -0.05) is 36.7 Å². The molecule has 1 rings (SSSR count). The number of alkyl halides is 3. The number of hydrogen-bond acceptors (Lipinski definition) is 1. The fourth-order valence-electron chi connectivity index (χ4n) is 1.38. The third kappa shape index (κ3) is 4.23. The molecular weight excluding hydrogens is 335 g/mol. The second-order valence-corrected chi connectivity index (χ2v) is 6.61. The van der Waals surface area contributed by atoms with Crippen molar-refractivity contribution < 1.29 is 18.0 Å². The molecule has 0 aliphatic rings. The van der Waals surface area contributed by atoms with Gasteiger partial charge < -0.3 is 5.32 Å². The maximum Gasteiger partial charge on any atom is 0.417 e. The van der Waals surface area contributed by atoms with E-state index in [1.807, 2.05) is 27.7 Å². The topological polar surface area (TPSA) is 29.1 Å². The van der Waals surface area contributed by atoms with E-state index in [2.05, 4.69) is 21.2 Å². The summed E-state index contributed by atoms with van der Waals surface area (Å²) in [5.74, 6) is -0.509. The van der Waals surface area contributed by atoms with E-state index in [4.69, 9.17) is 0 Å². The van der Waals surface area contributed by atoms with Gasteiger partial charge in [0.2, 0.25) is 0 Å². The van der Waals surface area contributed by atoms with Gasteiger partial charge in [-0.15, -0.1) is 0 Å². The molecule has 0 fully saturated rings. The lowest BCUT2D eigenvalue weighted by Crippen LogP contribution is -2.41. The average molecular weight is 352 g/mol. The Hall–Kier alpha value is -1.04. The Bertz CT molecular complexity index is 506. The second-order valence-electron chi connectivity index (χ2n) is 5.75. The van der Waals surface area contributed by atoms with Crippen molar-refractivity contribution in [1.82, 2.24) is 5.32 Å².